The Morgan fingerprint density at radius 1 is 1.00 bits per heavy atom. The summed E-state index contributed by atoms with van der Waals surface area (Å²) in [5, 5.41) is 3.76. The molecule has 26 heavy (non-hydrogen) atoms. The molecule has 0 saturated heterocycles. The monoisotopic (exact) mass is 370 g/mol. The summed E-state index contributed by atoms with van der Waals surface area (Å²) >= 11 is 1.40. The molecule has 1 aliphatic rings. The van der Waals surface area contributed by atoms with Crippen LogP contribution in [-0.2, 0) is 6.54 Å². The van der Waals surface area contributed by atoms with Crippen LogP contribution in [0.3, 0.4) is 0 Å². The topological polar surface area (TPSA) is 41.1 Å². The molecule has 1 aliphatic heterocycles. The van der Waals surface area contributed by atoms with Crippen LogP contribution in [0.4, 0.5) is 20.3 Å². The second-order valence-corrected chi connectivity index (χ2v) is 6.58. The lowest BCUT2D eigenvalue weighted by atomic mass is 10.0. The molecular weight excluding hydrogens is 354 g/mol. The molecule has 2 heterocycles. The number of hydrogen-bond acceptors (Lipinski definition) is 5. The first-order valence-electron chi connectivity index (χ1n) is 8.11. The van der Waals surface area contributed by atoms with E-state index in [-0.39, 0.29) is 12.4 Å². The average Bonchev–Trinajstić information content (AvgIpc) is 2.68. The van der Waals surface area contributed by atoms with Gasteiger partial charge in [0.15, 0.2) is 5.16 Å². The molecule has 4 rings (SSSR count). The van der Waals surface area contributed by atoms with Crippen LogP contribution in [0.5, 0.6) is 0 Å². The Morgan fingerprint density at radius 2 is 1.73 bits per heavy atom. The zero-order chi connectivity index (χ0) is 18.1. The minimum atomic E-state index is -0.620. The Morgan fingerprint density at radius 3 is 2.42 bits per heavy atom. The zero-order valence-corrected chi connectivity index (χ0v) is 14.9. The van der Waals surface area contributed by atoms with E-state index in [1.54, 1.807) is 0 Å². The number of nitrogens with zero attached hydrogens (tertiary/aromatic N) is 3. The number of hydrogen-bond donors (Lipinski definition) is 1. The van der Waals surface area contributed by atoms with Gasteiger partial charge < -0.3 is 4.90 Å². The molecule has 0 saturated carbocycles. The van der Waals surface area contributed by atoms with Crippen molar-refractivity contribution in [1.82, 2.24) is 15.3 Å². The van der Waals surface area contributed by atoms with Gasteiger partial charge in [-0.1, -0.05) is 48.2 Å². The van der Waals surface area contributed by atoms with E-state index in [0.717, 1.165) is 16.8 Å². The number of anilines is 2. The lowest BCUT2D eigenvalue weighted by Crippen LogP contribution is -2.38. The first-order chi connectivity index (χ1) is 12.7. The van der Waals surface area contributed by atoms with Gasteiger partial charge in [0.1, 0.15) is 23.1 Å². The van der Waals surface area contributed by atoms with Gasteiger partial charge in [0.25, 0.3) is 0 Å². The van der Waals surface area contributed by atoms with Gasteiger partial charge in [-0.3, -0.25) is 5.32 Å². The second-order valence-electron chi connectivity index (χ2n) is 5.81. The van der Waals surface area contributed by atoms with Gasteiger partial charge >= 0.3 is 0 Å². The Labute approximate surface area is 154 Å². The average molecular weight is 370 g/mol. The Balaban J connectivity index is 1.94. The van der Waals surface area contributed by atoms with Crippen LogP contribution in [0.25, 0.3) is 11.3 Å². The van der Waals surface area contributed by atoms with Crippen molar-refractivity contribution in [1.29, 1.82) is 0 Å². The van der Waals surface area contributed by atoms with Gasteiger partial charge in [-0.2, -0.15) is 0 Å². The zero-order valence-electron chi connectivity index (χ0n) is 14.0. The van der Waals surface area contributed by atoms with E-state index in [9.17, 15) is 8.78 Å². The fourth-order valence-electron chi connectivity index (χ4n) is 3.06. The molecule has 0 fully saturated rings. The molecule has 132 valence electrons. The van der Waals surface area contributed by atoms with Gasteiger partial charge in [-0.05, 0) is 18.4 Å². The number of aromatic nitrogens is 2. The van der Waals surface area contributed by atoms with Crippen molar-refractivity contribution in [2.24, 2.45) is 0 Å². The molecular formula is C19H16F2N4S. The Hall–Kier alpha value is -2.51. The highest BCUT2D eigenvalue weighted by Gasteiger charge is 2.28. The summed E-state index contributed by atoms with van der Waals surface area (Å²) in [4.78, 5) is 10.7. The maximum Gasteiger partial charge on any atom is 0.189 e. The minimum absolute atomic E-state index is 0.106. The van der Waals surface area contributed by atoms with Crippen LogP contribution in [0, 0.1) is 11.6 Å². The van der Waals surface area contributed by atoms with E-state index in [4.69, 9.17) is 0 Å². The summed E-state index contributed by atoms with van der Waals surface area (Å²) in [5.74, 6) is -0.707. The van der Waals surface area contributed by atoms with Crippen LogP contribution in [0.2, 0.25) is 0 Å². The standard InChI is InChI=1S/C19H16F2N4S/c1-26-19-23-16(12-6-3-2-4-7-12)13-10-22-11-25(18(13)24-19)17-14(20)8-5-9-15(17)21/h2-9,22H,10-11H2,1H3. The van der Waals surface area contributed by atoms with E-state index < -0.39 is 11.6 Å². The fourth-order valence-corrected chi connectivity index (χ4v) is 3.42. The second kappa shape index (κ2) is 7.01. The fraction of sp³-hybridized carbons (Fsp3) is 0.158. The van der Waals surface area contributed by atoms with Crippen LogP contribution in [0.1, 0.15) is 5.56 Å². The highest BCUT2D eigenvalue weighted by Crippen LogP contribution is 2.37. The molecule has 0 aliphatic carbocycles. The third-order valence-corrected chi connectivity index (χ3v) is 4.78. The predicted octanol–water partition coefficient (Wildman–Crippen LogP) is 4.34. The first kappa shape index (κ1) is 16.9. The maximum atomic E-state index is 14.4. The molecule has 4 nitrogen and oxygen atoms in total. The van der Waals surface area contributed by atoms with Gasteiger partial charge in [0.05, 0.1) is 12.4 Å². The van der Waals surface area contributed by atoms with Crippen molar-refractivity contribution in [3.05, 3.63) is 65.7 Å². The summed E-state index contributed by atoms with van der Waals surface area (Å²) in [5.41, 5.74) is 2.43. The first-order valence-corrected chi connectivity index (χ1v) is 9.34. The quantitative estimate of drug-likeness (QED) is 0.549. The highest BCUT2D eigenvalue weighted by molar-refractivity contribution is 7.98. The van der Waals surface area contributed by atoms with E-state index in [0.29, 0.717) is 17.5 Å². The molecule has 2 aromatic carbocycles. The SMILES string of the molecule is CSc1nc(-c2ccccc2)c2c(n1)N(c1c(F)cccc1F)CNC2. The minimum Gasteiger partial charge on any atom is -0.307 e. The van der Waals surface area contributed by atoms with Crippen molar-refractivity contribution < 1.29 is 8.78 Å². The van der Waals surface area contributed by atoms with E-state index in [2.05, 4.69) is 15.3 Å². The van der Waals surface area contributed by atoms with E-state index >= 15 is 0 Å². The smallest absolute Gasteiger partial charge is 0.189 e. The molecule has 0 atom stereocenters. The predicted molar refractivity (Wildman–Crippen MR) is 99.5 cm³/mol. The molecule has 0 bridgehead atoms. The molecule has 1 N–H and O–H groups in total. The van der Waals surface area contributed by atoms with Crippen molar-refractivity contribution in [2.45, 2.75) is 11.7 Å². The van der Waals surface area contributed by atoms with Gasteiger partial charge in [-0.15, -0.1) is 0 Å². The van der Waals surface area contributed by atoms with Crippen molar-refractivity contribution in [3.63, 3.8) is 0 Å². The molecule has 3 aromatic rings. The number of fused-ring (bicyclic) bond motifs is 1. The molecule has 0 amide bonds. The molecule has 7 heteroatoms. The molecule has 0 unspecified atom stereocenters. The van der Waals surface area contributed by atoms with Gasteiger partial charge in [0.2, 0.25) is 0 Å². The summed E-state index contributed by atoms with van der Waals surface area (Å²) in [6, 6.07) is 13.6. The maximum absolute atomic E-state index is 14.4. The van der Waals surface area contributed by atoms with Gasteiger partial charge in [0, 0.05) is 17.7 Å². The van der Waals surface area contributed by atoms with Crippen molar-refractivity contribution >= 4 is 23.3 Å². The van der Waals surface area contributed by atoms with Crippen LogP contribution < -0.4 is 10.2 Å². The summed E-state index contributed by atoms with van der Waals surface area (Å²) in [6.45, 7) is 0.796. The highest BCUT2D eigenvalue weighted by atomic mass is 32.2. The van der Waals surface area contributed by atoms with Crippen LogP contribution in [-0.4, -0.2) is 22.9 Å². The molecule has 0 radical (unpaired) electrons. The van der Waals surface area contributed by atoms with Crippen molar-refractivity contribution in [3.8, 4) is 11.3 Å². The summed E-state index contributed by atoms with van der Waals surface area (Å²) < 4.78 is 28.8. The number of benzene rings is 2. The van der Waals surface area contributed by atoms with Crippen LogP contribution >= 0.6 is 11.8 Å². The number of para-hydroxylation sites is 1. The summed E-state index contributed by atoms with van der Waals surface area (Å²) in [7, 11) is 0. The number of halogens is 2. The Kier molecular flexibility index (Phi) is 4.57. The molecule has 1 aromatic heterocycles. The molecule has 0 spiro atoms. The van der Waals surface area contributed by atoms with Gasteiger partial charge in [-0.25, -0.2) is 18.7 Å². The summed E-state index contributed by atoms with van der Waals surface area (Å²) in [6.07, 6.45) is 1.88. The lowest BCUT2D eigenvalue weighted by Gasteiger charge is -2.32. The number of nitrogens with one attached hydrogen (secondary N) is 1. The third-order valence-electron chi connectivity index (χ3n) is 4.23. The largest absolute Gasteiger partial charge is 0.307 e. The van der Waals surface area contributed by atoms with Crippen LogP contribution in [0.15, 0.2) is 53.7 Å². The number of thioether (sulfide) groups is 1. The Bertz CT molecular complexity index is 930. The van der Waals surface area contributed by atoms with E-state index in [1.165, 1.54) is 34.9 Å². The van der Waals surface area contributed by atoms with E-state index in [1.807, 2.05) is 36.6 Å². The van der Waals surface area contributed by atoms with Crippen molar-refractivity contribution in [2.75, 3.05) is 17.8 Å². The number of rotatable bonds is 3. The normalized spacial score (nSPS) is 13.6. The lowest BCUT2D eigenvalue weighted by molar-refractivity contribution is 0.562. The third kappa shape index (κ3) is 2.93.